The van der Waals surface area contributed by atoms with E-state index < -0.39 is 0 Å². The van der Waals surface area contributed by atoms with Crippen molar-refractivity contribution in [3.63, 3.8) is 0 Å². The molecular formula is C23H20N2O2. The Morgan fingerprint density at radius 1 is 1.07 bits per heavy atom. The molecule has 1 N–H and O–H groups in total. The minimum atomic E-state index is -0.385. The fourth-order valence-corrected chi connectivity index (χ4v) is 2.87. The van der Waals surface area contributed by atoms with Crippen molar-refractivity contribution in [1.82, 2.24) is 5.32 Å². The van der Waals surface area contributed by atoms with Crippen molar-refractivity contribution in [2.45, 2.75) is 13.0 Å². The third-order valence-corrected chi connectivity index (χ3v) is 4.39. The minimum Gasteiger partial charge on any atom is -0.497 e. The second kappa shape index (κ2) is 8.20. The third kappa shape index (κ3) is 4.34. The Kier molecular flexibility index (Phi) is 5.53. The largest absolute Gasteiger partial charge is 0.497 e. The van der Waals surface area contributed by atoms with Gasteiger partial charge in [-0.3, -0.25) is 4.79 Å². The molecular weight excluding hydrogens is 336 g/mol. The van der Waals surface area contributed by atoms with E-state index in [9.17, 15) is 10.1 Å². The standard InChI is InChI=1S/C23H20N2O2/c1-16(18-6-4-3-5-7-18)25-23(26)21(15-24)13-17-8-9-20-14-22(27-2)11-10-19(20)12-17/h3-14,16H,1-2H3,(H,25,26). The van der Waals surface area contributed by atoms with E-state index in [0.717, 1.165) is 27.6 Å². The zero-order valence-corrected chi connectivity index (χ0v) is 15.3. The van der Waals surface area contributed by atoms with Crippen LogP contribution >= 0.6 is 0 Å². The maximum atomic E-state index is 12.5. The van der Waals surface area contributed by atoms with Crippen LogP contribution < -0.4 is 10.1 Å². The predicted molar refractivity (Wildman–Crippen MR) is 107 cm³/mol. The van der Waals surface area contributed by atoms with Gasteiger partial charge in [0.15, 0.2) is 0 Å². The van der Waals surface area contributed by atoms with Crippen molar-refractivity contribution in [3.05, 3.63) is 83.4 Å². The van der Waals surface area contributed by atoms with Gasteiger partial charge in [-0.25, -0.2) is 0 Å². The van der Waals surface area contributed by atoms with Crippen LogP contribution in [0.25, 0.3) is 16.8 Å². The zero-order chi connectivity index (χ0) is 19.2. The number of hydrogen-bond acceptors (Lipinski definition) is 3. The first-order valence-corrected chi connectivity index (χ1v) is 8.66. The summed E-state index contributed by atoms with van der Waals surface area (Å²) in [5.41, 5.74) is 1.86. The molecule has 0 heterocycles. The van der Waals surface area contributed by atoms with Crippen LogP contribution in [0.2, 0.25) is 0 Å². The van der Waals surface area contributed by atoms with Gasteiger partial charge in [0.05, 0.1) is 13.2 Å². The van der Waals surface area contributed by atoms with Crippen LogP contribution in [0.4, 0.5) is 0 Å². The fourth-order valence-electron chi connectivity index (χ4n) is 2.87. The lowest BCUT2D eigenvalue weighted by atomic mass is 10.0. The number of ether oxygens (including phenoxy) is 1. The second-order valence-corrected chi connectivity index (χ2v) is 6.25. The number of methoxy groups -OCH3 is 1. The van der Waals surface area contributed by atoms with E-state index in [1.807, 2.05) is 79.7 Å². The van der Waals surface area contributed by atoms with Crippen LogP contribution in [0, 0.1) is 11.3 Å². The summed E-state index contributed by atoms with van der Waals surface area (Å²) in [7, 11) is 1.63. The third-order valence-electron chi connectivity index (χ3n) is 4.39. The van der Waals surface area contributed by atoms with Gasteiger partial charge < -0.3 is 10.1 Å². The van der Waals surface area contributed by atoms with Gasteiger partial charge in [0.1, 0.15) is 17.4 Å². The quantitative estimate of drug-likeness (QED) is 0.535. The summed E-state index contributed by atoms with van der Waals surface area (Å²) >= 11 is 0. The number of hydrogen-bond donors (Lipinski definition) is 1. The summed E-state index contributed by atoms with van der Waals surface area (Å²) in [5.74, 6) is 0.404. The molecule has 3 aromatic rings. The zero-order valence-electron chi connectivity index (χ0n) is 15.3. The Labute approximate surface area is 158 Å². The second-order valence-electron chi connectivity index (χ2n) is 6.25. The summed E-state index contributed by atoms with van der Waals surface area (Å²) in [5, 5.41) is 14.3. The van der Waals surface area contributed by atoms with Gasteiger partial charge >= 0.3 is 0 Å². The molecule has 134 valence electrons. The number of nitriles is 1. The topological polar surface area (TPSA) is 62.1 Å². The molecule has 0 saturated carbocycles. The Morgan fingerprint density at radius 3 is 2.48 bits per heavy atom. The summed E-state index contributed by atoms with van der Waals surface area (Å²) < 4.78 is 5.23. The number of fused-ring (bicyclic) bond motifs is 1. The maximum absolute atomic E-state index is 12.5. The molecule has 1 unspecified atom stereocenters. The van der Waals surface area contributed by atoms with E-state index in [-0.39, 0.29) is 17.5 Å². The predicted octanol–water partition coefficient (Wildman–Crippen LogP) is 4.63. The van der Waals surface area contributed by atoms with Gasteiger partial charge in [0.25, 0.3) is 5.91 Å². The lowest BCUT2D eigenvalue weighted by molar-refractivity contribution is -0.117. The molecule has 0 aromatic heterocycles. The number of nitrogens with one attached hydrogen (secondary N) is 1. The first-order chi connectivity index (χ1) is 13.1. The number of nitrogens with zero attached hydrogens (tertiary/aromatic N) is 1. The molecule has 0 aliphatic carbocycles. The van der Waals surface area contributed by atoms with Crippen LogP contribution in [0.5, 0.6) is 5.75 Å². The molecule has 1 amide bonds. The van der Waals surface area contributed by atoms with Crippen molar-refractivity contribution in [2.24, 2.45) is 0 Å². The Hall–Kier alpha value is -3.58. The number of carbonyl (C=O) groups is 1. The molecule has 3 aromatic carbocycles. The molecule has 0 bridgehead atoms. The van der Waals surface area contributed by atoms with Gasteiger partial charge in [-0.05, 0) is 53.1 Å². The van der Waals surface area contributed by atoms with E-state index in [1.54, 1.807) is 13.2 Å². The van der Waals surface area contributed by atoms with Crippen molar-refractivity contribution in [2.75, 3.05) is 7.11 Å². The average molecular weight is 356 g/mol. The lowest BCUT2D eigenvalue weighted by Crippen LogP contribution is -2.27. The molecule has 0 saturated heterocycles. The monoisotopic (exact) mass is 356 g/mol. The van der Waals surface area contributed by atoms with E-state index in [2.05, 4.69) is 5.32 Å². The molecule has 1 atom stereocenters. The number of carbonyl (C=O) groups excluding carboxylic acids is 1. The van der Waals surface area contributed by atoms with Crippen LogP contribution in [0.1, 0.15) is 24.1 Å². The number of rotatable bonds is 5. The van der Waals surface area contributed by atoms with E-state index >= 15 is 0 Å². The van der Waals surface area contributed by atoms with Crippen LogP contribution in [-0.2, 0) is 4.79 Å². The number of benzene rings is 3. The van der Waals surface area contributed by atoms with Gasteiger partial charge in [0.2, 0.25) is 0 Å². The molecule has 0 radical (unpaired) electrons. The molecule has 0 aliphatic heterocycles. The average Bonchev–Trinajstić information content (AvgIpc) is 2.71. The van der Waals surface area contributed by atoms with E-state index in [1.165, 1.54) is 0 Å². The first kappa shape index (κ1) is 18.2. The summed E-state index contributed by atoms with van der Waals surface area (Å²) in [6, 6.07) is 23.0. The van der Waals surface area contributed by atoms with Crippen molar-refractivity contribution in [1.29, 1.82) is 5.26 Å². The minimum absolute atomic E-state index is 0.0747. The molecule has 0 spiro atoms. The summed E-state index contributed by atoms with van der Waals surface area (Å²) in [6.45, 7) is 1.89. The normalized spacial score (nSPS) is 12.3. The Morgan fingerprint density at radius 2 is 1.78 bits per heavy atom. The molecule has 0 fully saturated rings. The molecule has 4 heteroatoms. The highest BCUT2D eigenvalue weighted by molar-refractivity contribution is 6.02. The highest BCUT2D eigenvalue weighted by Gasteiger charge is 2.13. The van der Waals surface area contributed by atoms with Crippen LogP contribution in [0.3, 0.4) is 0 Å². The Balaban J connectivity index is 1.82. The molecule has 27 heavy (non-hydrogen) atoms. The molecule has 3 rings (SSSR count). The van der Waals surface area contributed by atoms with Gasteiger partial charge in [0, 0.05) is 0 Å². The highest BCUT2D eigenvalue weighted by atomic mass is 16.5. The molecule has 0 aliphatic rings. The van der Waals surface area contributed by atoms with Gasteiger partial charge in [-0.1, -0.05) is 48.5 Å². The number of amides is 1. The maximum Gasteiger partial charge on any atom is 0.262 e. The Bertz CT molecular complexity index is 1030. The molecule has 4 nitrogen and oxygen atoms in total. The van der Waals surface area contributed by atoms with Gasteiger partial charge in [-0.2, -0.15) is 5.26 Å². The van der Waals surface area contributed by atoms with Crippen LogP contribution in [-0.4, -0.2) is 13.0 Å². The highest BCUT2D eigenvalue weighted by Crippen LogP contribution is 2.23. The smallest absolute Gasteiger partial charge is 0.262 e. The van der Waals surface area contributed by atoms with Gasteiger partial charge in [-0.15, -0.1) is 0 Å². The SMILES string of the molecule is COc1ccc2cc(C=C(C#N)C(=O)NC(C)c3ccccc3)ccc2c1. The lowest BCUT2D eigenvalue weighted by Gasteiger charge is -2.13. The summed E-state index contributed by atoms with van der Waals surface area (Å²) in [6.07, 6.45) is 1.61. The van der Waals surface area contributed by atoms with Crippen molar-refractivity contribution < 1.29 is 9.53 Å². The summed E-state index contributed by atoms with van der Waals surface area (Å²) in [4.78, 5) is 12.5. The first-order valence-electron chi connectivity index (χ1n) is 8.66. The van der Waals surface area contributed by atoms with E-state index in [4.69, 9.17) is 4.74 Å². The fraction of sp³-hybridized carbons (Fsp3) is 0.130. The van der Waals surface area contributed by atoms with Crippen molar-refractivity contribution >= 4 is 22.8 Å². The van der Waals surface area contributed by atoms with E-state index in [0.29, 0.717) is 0 Å². The van der Waals surface area contributed by atoms with Crippen molar-refractivity contribution in [3.8, 4) is 11.8 Å². The van der Waals surface area contributed by atoms with Crippen LogP contribution in [0.15, 0.2) is 72.3 Å².